The molecule has 0 aliphatic carbocycles. The standard InChI is InChI=1S/C18H27N3O2/c1-5-16(12(2)3)20-18(23)21-10-9-15-14(11-21)7-6-8-17(15)19-13(4)22/h6-8,12,16H,5,9-11H2,1-4H3,(H,19,22)(H,20,23)/t16-/m1/s1. The second kappa shape index (κ2) is 7.49. The summed E-state index contributed by atoms with van der Waals surface area (Å²) in [6.07, 6.45) is 1.69. The average Bonchev–Trinajstić information content (AvgIpc) is 2.51. The Kier molecular flexibility index (Phi) is 5.64. The summed E-state index contributed by atoms with van der Waals surface area (Å²) in [7, 11) is 0. The van der Waals surface area contributed by atoms with E-state index in [9.17, 15) is 9.59 Å². The van der Waals surface area contributed by atoms with E-state index in [0.717, 1.165) is 29.7 Å². The molecule has 0 fully saturated rings. The van der Waals surface area contributed by atoms with Crippen LogP contribution < -0.4 is 10.6 Å². The van der Waals surface area contributed by atoms with Crippen LogP contribution in [0.15, 0.2) is 18.2 Å². The third-order valence-corrected chi connectivity index (χ3v) is 4.42. The van der Waals surface area contributed by atoms with E-state index in [1.165, 1.54) is 6.92 Å². The summed E-state index contributed by atoms with van der Waals surface area (Å²) in [6, 6.07) is 6.08. The number of carbonyl (C=O) groups is 2. The summed E-state index contributed by atoms with van der Waals surface area (Å²) in [5, 5.41) is 6.01. The maximum atomic E-state index is 12.5. The number of hydrogen-bond acceptors (Lipinski definition) is 2. The molecule has 3 amide bonds. The van der Waals surface area contributed by atoms with Crippen LogP contribution in [0.4, 0.5) is 10.5 Å². The molecule has 2 N–H and O–H groups in total. The van der Waals surface area contributed by atoms with Crippen molar-refractivity contribution >= 4 is 17.6 Å². The van der Waals surface area contributed by atoms with Crippen LogP contribution in [0.25, 0.3) is 0 Å². The van der Waals surface area contributed by atoms with Gasteiger partial charge < -0.3 is 15.5 Å². The highest BCUT2D eigenvalue weighted by Crippen LogP contribution is 2.26. The molecule has 1 aliphatic heterocycles. The van der Waals surface area contributed by atoms with Gasteiger partial charge in [-0.2, -0.15) is 0 Å². The van der Waals surface area contributed by atoms with Gasteiger partial charge in [-0.25, -0.2) is 4.79 Å². The van der Waals surface area contributed by atoms with Crippen molar-refractivity contribution in [1.82, 2.24) is 10.2 Å². The van der Waals surface area contributed by atoms with Crippen molar-refractivity contribution in [3.05, 3.63) is 29.3 Å². The molecule has 0 bridgehead atoms. The second-order valence-electron chi connectivity index (χ2n) is 6.50. The molecule has 0 unspecified atom stereocenters. The molecule has 1 aromatic carbocycles. The number of fused-ring (bicyclic) bond motifs is 1. The predicted octanol–water partition coefficient (Wildman–Crippen LogP) is 3.15. The topological polar surface area (TPSA) is 61.4 Å². The van der Waals surface area contributed by atoms with Crippen molar-refractivity contribution in [3.63, 3.8) is 0 Å². The summed E-state index contributed by atoms with van der Waals surface area (Å²) in [6.45, 7) is 9.11. The number of anilines is 1. The van der Waals surface area contributed by atoms with Gasteiger partial charge in [-0.05, 0) is 36.0 Å². The van der Waals surface area contributed by atoms with E-state index < -0.39 is 0 Å². The smallest absolute Gasteiger partial charge is 0.317 e. The lowest BCUT2D eigenvalue weighted by molar-refractivity contribution is -0.114. The summed E-state index contributed by atoms with van der Waals surface area (Å²) >= 11 is 0. The minimum atomic E-state index is -0.0682. The molecule has 5 nitrogen and oxygen atoms in total. The molecule has 2 rings (SSSR count). The van der Waals surface area contributed by atoms with Crippen molar-refractivity contribution in [2.24, 2.45) is 5.92 Å². The van der Waals surface area contributed by atoms with Gasteiger partial charge >= 0.3 is 6.03 Å². The number of nitrogens with one attached hydrogen (secondary N) is 2. The quantitative estimate of drug-likeness (QED) is 0.896. The first-order chi connectivity index (χ1) is 10.9. The van der Waals surface area contributed by atoms with Gasteiger partial charge in [0.05, 0.1) is 0 Å². The fourth-order valence-corrected chi connectivity index (χ4v) is 3.08. The fourth-order valence-electron chi connectivity index (χ4n) is 3.08. The van der Waals surface area contributed by atoms with Gasteiger partial charge in [0.2, 0.25) is 5.91 Å². The molecule has 1 heterocycles. The zero-order chi connectivity index (χ0) is 17.0. The summed E-state index contributed by atoms with van der Waals surface area (Å²) in [5.74, 6) is 0.355. The monoisotopic (exact) mass is 317 g/mol. The molecule has 0 saturated heterocycles. The SMILES string of the molecule is CC[C@@H](NC(=O)N1CCc2c(cccc2NC(C)=O)C1)C(C)C. The number of rotatable bonds is 4. The number of hydrogen-bond donors (Lipinski definition) is 2. The Hall–Kier alpha value is -2.04. The molecule has 0 aromatic heterocycles. The minimum absolute atomic E-state index is 0.00105. The van der Waals surface area contributed by atoms with Gasteiger partial charge in [-0.3, -0.25) is 4.79 Å². The predicted molar refractivity (Wildman–Crippen MR) is 92.3 cm³/mol. The van der Waals surface area contributed by atoms with Crippen molar-refractivity contribution in [2.45, 2.75) is 53.1 Å². The van der Waals surface area contributed by atoms with Crippen LogP contribution in [-0.2, 0) is 17.8 Å². The van der Waals surface area contributed by atoms with Gasteiger partial charge in [0.25, 0.3) is 0 Å². The van der Waals surface area contributed by atoms with Gasteiger partial charge in [0.1, 0.15) is 0 Å². The van der Waals surface area contributed by atoms with Crippen LogP contribution in [0, 0.1) is 5.92 Å². The van der Waals surface area contributed by atoms with E-state index in [0.29, 0.717) is 19.0 Å². The minimum Gasteiger partial charge on any atom is -0.335 e. The van der Waals surface area contributed by atoms with Crippen LogP contribution in [0.5, 0.6) is 0 Å². The van der Waals surface area contributed by atoms with Gasteiger partial charge in [0, 0.05) is 31.7 Å². The largest absolute Gasteiger partial charge is 0.335 e. The molecule has 5 heteroatoms. The normalized spacial score (nSPS) is 15.1. The van der Waals surface area contributed by atoms with Gasteiger partial charge in [-0.1, -0.05) is 32.9 Å². The van der Waals surface area contributed by atoms with Gasteiger partial charge in [-0.15, -0.1) is 0 Å². The van der Waals surface area contributed by atoms with Crippen molar-refractivity contribution in [1.29, 1.82) is 0 Å². The first kappa shape index (κ1) is 17.3. The average molecular weight is 317 g/mol. The Morgan fingerprint density at radius 3 is 2.65 bits per heavy atom. The molecule has 1 aromatic rings. The third kappa shape index (κ3) is 4.24. The maximum Gasteiger partial charge on any atom is 0.317 e. The molecule has 23 heavy (non-hydrogen) atoms. The summed E-state index contributed by atoms with van der Waals surface area (Å²) in [5.41, 5.74) is 3.11. The molecule has 1 aliphatic rings. The van der Waals surface area contributed by atoms with Crippen LogP contribution in [0.1, 0.15) is 45.2 Å². The maximum absolute atomic E-state index is 12.5. The van der Waals surface area contributed by atoms with Crippen LogP contribution in [0.3, 0.4) is 0 Å². The van der Waals surface area contributed by atoms with E-state index in [2.05, 4.69) is 31.4 Å². The molecular weight excluding hydrogens is 290 g/mol. The Labute approximate surface area is 138 Å². The van der Waals surface area contributed by atoms with Crippen LogP contribution >= 0.6 is 0 Å². The van der Waals surface area contributed by atoms with Crippen molar-refractivity contribution in [2.75, 3.05) is 11.9 Å². The molecule has 0 saturated carbocycles. The van der Waals surface area contributed by atoms with Crippen molar-refractivity contribution in [3.8, 4) is 0 Å². The van der Waals surface area contributed by atoms with Crippen molar-refractivity contribution < 1.29 is 9.59 Å². The second-order valence-corrected chi connectivity index (χ2v) is 6.50. The molecule has 0 spiro atoms. The highest BCUT2D eigenvalue weighted by molar-refractivity contribution is 5.90. The van der Waals surface area contributed by atoms with E-state index in [4.69, 9.17) is 0 Å². The Morgan fingerprint density at radius 2 is 2.04 bits per heavy atom. The molecule has 1 atom stereocenters. The number of urea groups is 1. The zero-order valence-corrected chi connectivity index (χ0v) is 14.5. The van der Waals surface area contributed by atoms with E-state index in [1.54, 1.807) is 0 Å². The highest BCUT2D eigenvalue weighted by Gasteiger charge is 2.24. The van der Waals surface area contributed by atoms with Crippen LogP contribution in [-0.4, -0.2) is 29.4 Å². The lowest BCUT2D eigenvalue weighted by Gasteiger charge is -2.32. The lowest BCUT2D eigenvalue weighted by Crippen LogP contribution is -2.48. The zero-order valence-electron chi connectivity index (χ0n) is 14.5. The number of amides is 3. The highest BCUT2D eigenvalue weighted by atomic mass is 16.2. The van der Waals surface area contributed by atoms with Gasteiger partial charge in [0.15, 0.2) is 0 Å². The lowest BCUT2D eigenvalue weighted by atomic mass is 9.97. The first-order valence-corrected chi connectivity index (χ1v) is 8.36. The molecule has 0 radical (unpaired) electrons. The third-order valence-electron chi connectivity index (χ3n) is 4.42. The van der Waals surface area contributed by atoms with Crippen LogP contribution in [0.2, 0.25) is 0 Å². The Balaban J connectivity index is 2.08. The Bertz CT molecular complexity index is 584. The molecule has 126 valence electrons. The van der Waals surface area contributed by atoms with E-state index in [-0.39, 0.29) is 18.0 Å². The number of carbonyl (C=O) groups excluding carboxylic acids is 2. The number of benzene rings is 1. The first-order valence-electron chi connectivity index (χ1n) is 8.36. The molecular formula is C18H27N3O2. The fraction of sp³-hybridized carbons (Fsp3) is 0.556. The van der Waals surface area contributed by atoms with E-state index >= 15 is 0 Å². The summed E-state index contributed by atoms with van der Waals surface area (Å²) in [4.78, 5) is 25.6. The Morgan fingerprint density at radius 1 is 1.30 bits per heavy atom. The number of nitrogens with zero attached hydrogens (tertiary/aromatic N) is 1. The summed E-state index contributed by atoms with van der Waals surface area (Å²) < 4.78 is 0. The van der Waals surface area contributed by atoms with E-state index in [1.807, 2.05) is 23.1 Å².